The molecule has 0 fully saturated rings. The molecule has 7 heteroatoms. The van der Waals surface area contributed by atoms with Gasteiger partial charge >= 0.3 is 12.3 Å². The van der Waals surface area contributed by atoms with Gasteiger partial charge in [-0.2, -0.15) is 8.78 Å². The van der Waals surface area contributed by atoms with E-state index in [0.29, 0.717) is 0 Å². The summed E-state index contributed by atoms with van der Waals surface area (Å²) in [5.74, 6) is -6.41. The third-order valence-corrected chi connectivity index (χ3v) is 2.47. The van der Waals surface area contributed by atoms with Crippen LogP contribution in [-0.2, 0) is 11.2 Å². The molecule has 0 atom stereocenters. The Morgan fingerprint density at radius 2 is 2.06 bits per heavy atom. The van der Waals surface area contributed by atoms with E-state index in [1.165, 1.54) is 25.3 Å². The van der Waals surface area contributed by atoms with Gasteiger partial charge in [0.25, 0.3) is 0 Å². The minimum absolute atomic E-state index is 0.0373. The Kier molecular flexibility index (Phi) is 4.56. The maximum Gasteiger partial charge on any atom is 0.364 e. The Morgan fingerprint density at radius 3 is 2.56 bits per heavy atom. The van der Waals surface area contributed by atoms with E-state index >= 15 is 0 Å². The summed E-state index contributed by atoms with van der Waals surface area (Å²) in [6.45, 7) is 0. The van der Waals surface area contributed by atoms with Crippen molar-refractivity contribution >= 4 is 17.4 Å². The zero-order valence-corrected chi connectivity index (χ0v) is 9.98. The maximum absolute atomic E-state index is 12.8. The monoisotopic (exact) mass is 284 g/mol. The van der Waals surface area contributed by atoms with Gasteiger partial charge in [-0.05, 0) is 18.2 Å². The summed E-state index contributed by atoms with van der Waals surface area (Å²) in [6.07, 6.45) is -4.91. The highest BCUT2D eigenvalue weighted by molar-refractivity contribution is 6.30. The van der Waals surface area contributed by atoms with Crippen LogP contribution in [-0.4, -0.2) is 25.2 Å². The molecule has 2 nitrogen and oxygen atoms in total. The van der Waals surface area contributed by atoms with Crippen LogP contribution >= 0.6 is 11.6 Å². The SMILES string of the molecule is COc1ccc(Cl)cc1CC(=O)C(F)(F)C(F)F. The van der Waals surface area contributed by atoms with Crippen LogP contribution < -0.4 is 4.74 Å². The van der Waals surface area contributed by atoms with Crippen molar-refractivity contribution in [2.45, 2.75) is 18.8 Å². The number of ether oxygens (including phenoxy) is 1. The van der Waals surface area contributed by atoms with Crippen LogP contribution in [0, 0.1) is 0 Å². The lowest BCUT2D eigenvalue weighted by molar-refractivity contribution is -0.166. The van der Waals surface area contributed by atoms with Crippen LogP contribution in [0.1, 0.15) is 5.56 Å². The van der Waals surface area contributed by atoms with Gasteiger partial charge in [0.2, 0.25) is 5.78 Å². The first-order valence-electron chi connectivity index (χ1n) is 4.80. The van der Waals surface area contributed by atoms with Crippen molar-refractivity contribution in [1.29, 1.82) is 0 Å². The molecule has 0 bridgehead atoms. The van der Waals surface area contributed by atoms with Crippen molar-refractivity contribution in [2.24, 2.45) is 0 Å². The molecule has 0 unspecified atom stereocenters. The number of Topliss-reactive ketones (excluding diaryl/α,β-unsaturated/α-hetero) is 1. The summed E-state index contributed by atoms with van der Waals surface area (Å²) in [6, 6.07) is 4.02. The van der Waals surface area contributed by atoms with E-state index in [-0.39, 0.29) is 16.3 Å². The molecular weight excluding hydrogens is 276 g/mol. The van der Waals surface area contributed by atoms with Crippen LogP contribution in [0.3, 0.4) is 0 Å². The van der Waals surface area contributed by atoms with Gasteiger partial charge in [-0.25, -0.2) is 8.78 Å². The van der Waals surface area contributed by atoms with E-state index < -0.39 is 24.6 Å². The van der Waals surface area contributed by atoms with Gasteiger partial charge in [0, 0.05) is 17.0 Å². The van der Waals surface area contributed by atoms with E-state index in [2.05, 4.69) is 0 Å². The molecule has 0 aliphatic rings. The van der Waals surface area contributed by atoms with E-state index in [1.54, 1.807) is 0 Å². The van der Waals surface area contributed by atoms with E-state index in [0.717, 1.165) is 0 Å². The number of hydrogen-bond donors (Lipinski definition) is 0. The molecule has 18 heavy (non-hydrogen) atoms. The number of alkyl halides is 4. The highest BCUT2D eigenvalue weighted by Crippen LogP contribution is 2.29. The Bertz CT molecular complexity index is 449. The fraction of sp³-hybridized carbons (Fsp3) is 0.364. The van der Waals surface area contributed by atoms with Crippen LogP contribution in [0.4, 0.5) is 17.6 Å². The molecule has 0 heterocycles. The lowest BCUT2D eigenvalue weighted by atomic mass is 10.0. The summed E-state index contributed by atoms with van der Waals surface area (Å²) in [5, 5.41) is 0.193. The lowest BCUT2D eigenvalue weighted by Crippen LogP contribution is -2.37. The second-order valence-electron chi connectivity index (χ2n) is 3.48. The smallest absolute Gasteiger partial charge is 0.364 e. The highest BCUT2D eigenvalue weighted by Gasteiger charge is 2.48. The first kappa shape index (κ1) is 14.8. The molecule has 0 aromatic heterocycles. The molecule has 1 aromatic carbocycles. The highest BCUT2D eigenvalue weighted by atomic mass is 35.5. The summed E-state index contributed by atoms with van der Waals surface area (Å²) in [5.41, 5.74) is 0.0373. The lowest BCUT2D eigenvalue weighted by Gasteiger charge is -2.15. The Labute approximate surface area is 105 Å². The van der Waals surface area contributed by atoms with Crippen LogP contribution in [0.25, 0.3) is 0 Å². The first-order valence-corrected chi connectivity index (χ1v) is 5.18. The Hall–Kier alpha value is -1.30. The minimum Gasteiger partial charge on any atom is -0.496 e. The third-order valence-electron chi connectivity index (χ3n) is 2.24. The predicted molar refractivity (Wildman–Crippen MR) is 57.7 cm³/mol. The molecule has 1 aromatic rings. The van der Waals surface area contributed by atoms with Gasteiger partial charge in [-0.3, -0.25) is 4.79 Å². The van der Waals surface area contributed by atoms with Gasteiger partial charge in [0.05, 0.1) is 7.11 Å². The predicted octanol–water partition coefficient (Wildman–Crippen LogP) is 3.36. The summed E-state index contributed by atoms with van der Waals surface area (Å²) in [4.78, 5) is 11.1. The van der Waals surface area contributed by atoms with E-state index in [1.807, 2.05) is 0 Å². The number of benzene rings is 1. The van der Waals surface area contributed by atoms with E-state index in [4.69, 9.17) is 16.3 Å². The number of rotatable bonds is 5. The van der Waals surface area contributed by atoms with Crippen molar-refractivity contribution < 1.29 is 27.1 Å². The van der Waals surface area contributed by atoms with Crippen molar-refractivity contribution in [2.75, 3.05) is 7.11 Å². The number of carbonyl (C=O) groups excluding carboxylic acids is 1. The topological polar surface area (TPSA) is 26.3 Å². The number of carbonyl (C=O) groups is 1. The minimum atomic E-state index is -4.67. The van der Waals surface area contributed by atoms with Gasteiger partial charge in [0.15, 0.2) is 0 Å². The average molecular weight is 285 g/mol. The molecule has 0 saturated carbocycles. The molecule has 0 aliphatic carbocycles. The zero-order chi connectivity index (χ0) is 13.9. The van der Waals surface area contributed by atoms with Gasteiger partial charge < -0.3 is 4.74 Å². The van der Waals surface area contributed by atoms with Crippen molar-refractivity contribution in [3.05, 3.63) is 28.8 Å². The molecule has 0 amide bonds. The van der Waals surface area contributed by atoms with Gasteiger partial charge in [0.1, 0.15) is 5.75 Å². The Balaban J connectivity index is 2.98. The molecule has 1 rings (SSSR count). The second-order valence-corrected chi connectivity index (χ2v) is 3.92. The largest absolute Gasteiger partial charge is 0.496 e. The number of methoxy groups -OCH3 is 1. The Morgan fingerprint density at radius 1 is 1.44 bits per heavy atom. The first-order chi connectivity index (χ1) is 8.28. The van der Waals surface area contributed by atoms with Crippen LogP contribution in [0.2, 0.25) is 5.02 Å². The quantitative estimate of drug-likeness (QED) is 0.775. The molecule has 0 saturated heterocycles. The van der Waals surface area contributed by atoms with Gasteiger partial charge in [-0.1, -0.05) is 11.6 Å². The molecular formula is C11H9ClF4O2. The number of ketones is 1. The molecule has 0 aliphatic heterocycles. The fourth-order valence-corrected chi connectivity index (χ4v) is 1.49. The third kappa shape index (κ3) is 3.13. The van der Waals surface area contributed by atoms with Crippen molar-refractivity contribution in [3.63, 3.8) is 0 Å². The average Bonchev–Trinajstić information content (AvgIpc) is 2.29. The molecule has 0 N–H and O–H groups in total. The normalized spacial score (nSPS) is 11.7. The van der Waals surface area contributed by atoms with Gasteiger partial charge in [-0.15, -0.1) is 0 Å². The van der Waals surface area contributed by atoms with Crippen LogP contribution in [0.15, 0.2) is 18.2 Å². The summed E-state index contributed by atoms with van der Waals surface area (Å²) in [7, 11) is 1.27. The maximum atomic E-state index is 12.8. The summed E-state index contributed by atoms with van der Waals surface area (Å²) < 4.78 is 54.4. The molecule has 0 spiro atoms. The van der Waals surface area contributed by atoms with Crippen LogP contribution in [0.5, 0.6) is 5.75 Å². The molecule has 100 valence electrons. The second kappa shape index (κ2) is 5.56. The van der Waals surface area contributed by atoms with Crippen molar-refractivity contribution in [3.8, 4) is 5.75 Å². The van der Waals surface area contributed by atoms with Crippen molar-refractivity contribution in [1.82, 2.24) is 0 Å². The fourth-order valence-electron chi connectivity index (χ4n) is 1.30. The standard InChI is InChI=1S/C11H9ClF4O2/c1-18-8-3-2-7(12)4-6(8)5-9(17)11(15,16)10(13)14/h2-4,10H,5H2,1H3. The number of halogens is 5. The molecule has 0 radical (unpaired) electrons. The zero-order valence-electron chi connectivity index (χ0n) is 9.22. The number of hydrogen-bond acceptors (Lipinski definition) is 2. The summed E-state index contributed by atoms with van der Waals surface area (Å²) >= 11 is 5.63. The van der Waals surface area contributed by atoms with E-state index in [9.17, 15) is 22.4 Å².